The zero-order valence-corrected chi connectivity index (χ0v) is 20.6. The number of esters is 1. The van der Waals surface area contributed by atoms with E-state index in [4.69, 9.17) is 14.2 Å². The number of imidazole rings is 1. The lowest BCUT2D eigenvalue weighted by Gasteiger charge is -2.11. The van der Waals surface area contributed by atoms with Crippen molar-refractivity contribution in [2.75, 3.05) is 19.0 Å². The van der Waals surface area contributed by atoms with Crippen LogP contribution in [0.15, 0.2) is 61.1 Å². The van der Waals surface area contributed by atoms with Gasteiger partial charge in [0.15, 0.2) is 0 Å². The van der Waals surface area contributed by atoms with Crippen molar-refractivity contribution in [2.45, 2.75) is 20.8 Å². The number of carbonyl (C=O) groups excluding carboxylic acids is 2. The van der Waals surface area contributed by atoms with Crippen molar-refractivity contribution in [2.24, 2.45) is 0 Å². The number of rotatable bonds is 7. The summed E-state index contributed by atoms with van der Waals surface area (Å²) in [6.07, 6.45) is 2.94. The number of anilines is 1. The molecule has 0 aliphatic heterocycles. The molecule has 0 unspecified atom stereocenters. The zero-order chi connectivity index (χ0) is 24.9. The topological polar surface area (TPSA) is 91.7 Å². The third-order valence-electron chi connectivity index (χ3n) is 5.23. The van der Waals surface area contributed by atoms with Crippen LogP contribution in [0.1, 0.15) is 28.5 Å². The number of thiophene rings is 1. The van der Waals surface area contributed by atoms with Crippen molar-refractivity contribution in [3.8, 4) is 27.6 Å². The normalized spacial score (nSPS) is 10.6. The molecule has 2 aromatic carbocycles. The fourth-order valence-corrected chi connectivity index (χ4v) is 4.80. The van der Waals surface area contributed by atoms with Gasteiger partial charge in [-0.15, -0.1) is 11.3 Å². The molecule has 0 spiro atoms. The van der Waals surface area contributed by atoms with Crippen LogP contribution in [0.2, 0.25) is 0 Å². The van der Waals surface area contributed by atoms with Crippen molar-refractivity contribution in [1.29, 1.82) is 0 Å². The lowest BCUT2D eigenvalue weighted by Crippen LogP contribution is -2.18. The summed E-state index contributed by atoms with van der Waals surface area (Å²) < 4.78 is 18.1. The van der Waals surface area contributed by atoms with Crippen LogP contribution in [0.4, 0.5) is 9.80 Å². The number of benzene rings is 2. The van der Waals surface area contributed by atoms with Gasteiger partial charge in [-0.2, -0.15) is 0 Å². The van der Waals surface area contributed by atoms with E-state index in [9.17, 15) is 9.59 Å². The van der Waals surface area contributed by atoms with E-state index >= 15 is 0 Å². The van der Waals surface area contributed by atoms with E-state index in [0.717, 1.165) is 21.8 Å². The molecule has 4 aromatic rings. The van der Waals surface area contributed by atoms with E-state index in [1.54, 1.807) is 44.6 Å². The Kier molecular flexibility index (Phi) is 7.17. The first kappa shape index (κ1) is 24.0. The molecule has 0 atom stereocenters. The van der Waals surface area contributed by atoms with Crippen LogP contribution >= 0.6 is 11.3 Å². The van der Waals surface area contributed by atoms with E-state index in [2.05, 4.69) is 10.3 Å². The summed E-state index contributed by atoms with van der Waals surface area (Å²) in [7, 11) is 1.60. The van der Waals surface area contributed by atoms with Gasteiger partial charge in [-0.3, -0.25) is 5.32 Å². The van der Waals surface area contributed by atoms with Crippen molar-refractivity contribution >= 4 is 28.4 Å². The maximum Gasteiger partial charge on any atom is 0.417 e. The molecule has 2 aromatic heterocycles. The van der Waals surface area contributed by atoms with Crippen molar-refractivity contribution < 1.29 is 23.8 Å². The first-order chi connectivity index (χ1) is 16.9. The SMILES string of the molecule is CCOC(=O)c1c(NC(=O)Oc2ccccc2)sc(-c2ccc(-n3cnc(C)c3)c(OC)c2)c1C. The molecule has 1 N–H and O–H groups in total. The molecule has 0 fully saturated rings. The third-order valence-corrected chi connectivity index (χ3v) is 6.48. The number of amides is 1. The summed E-state index contributed by atoms with van der Waals surface area (Å²) in [4.78, 5) is 30.4. The van der Waals surface area contributed by atoms with Gasteiger partial charge in [0.25, 0.3) is 0 Å². The Bertz CT molecular complexity index is 1360. The monoisotopic (exact) mass is 491 g/mol. The number of carbonyl (C=O) groups is 2. The smallest absolute Gasteiger partial charge is 0.417 e. The molecule has 0 aliphatic carbocycles. The number of nitrogens with zero attached hydrogens (tertiary/aromatic N) is 2. The van der Waals surface area contributed by atoms with Crippen molar-refractivity contribution in [3.05, 3.63) is 77.9 Å². The second kappa shape index (κ2) is 10.4. The first-order valence-corrected chi connectivity index (χ1v) is 11.8. The van der Waals surface area contributed by atoms with Crippen molar-refractivity contribution in [1.82, 2.24) is 9.55 Å². The van der Waals surface area contributed by atoms with Crippen LogP contribution in [0.25, 0.3) is 16.1 Å². The minimum absolute atomic E-state index is 0.212. The summed E-state index contributed by atoms with van der Waals surface area (Å²) in [5, 5.41) is 3.06. The highest BCUT2D eigenvalue weighted by molar-refractivity contribution is 7.20. The Balaban J connectivity index is 1.71. The molecule has 0 radical (unpaired) electrons. The Morgan fingerprint density at radius 2 is 1.89 bits per heavy atom. The molecule has 9 heteroatoms. The van der Waals surface area contributed by atoms with Gasteiger partial charge in [-0.05, 0) is 56.2 Å². The van der Waals surface area contributed by atoms with Crippen LogP contribution in [-0.4, -0.2) is 35.3 Å². The van der Waals surface area contributed by atoms with Crippen LogP contribution in [-0.2, 0) is 4.74 Å². The van der Waals surface area contributed by atoms with E-state index < -0.39 is 12.1 Å². The van der Waals surface area contributed by atoms with Gasteiger partial charge in [0.05, 0.1) is 37.0 Å². The Hall–Kier alpha value is -4.11. The average molecular weight is 492 g/mol. The lowest BCUT2D eigenvalue weighted by atomic mass is 10.1. The largest absolute Gasteiger partial charge is 0.495 e. The number of aryl methyl sites for hydroxylation is 1. The van der Waals surface area contributed by atoms with E-state index in [0.29, 0.717) is 27.6 Å². The zero-order valence-electron chi connectivity index (χ0n) is 19.8. The number of ether oxygens (including phenoxy) is 3. The summed E-state index contributed by atoms with van der Waals surface area (Å²) in [5.74, 6) is 0.523. The molecule has 0 saturated carbocycles. The Labute approximate surface area is 207 Å². The quantitative estimate of drug-likeness (QED) is 0.318. The molecule has 2 heterocycles. The standard InChI is InChI=1S/C26H25N3O5S/c1-5-33-25(30)22-17(3)23(35-24(22)28-26(31)34-19-9-7-6-8-10-19)18-11-12-20(21(13-18)32-4)29-14-16(2)27-15-29/h6-15H,5H2,1-4H3,(H,28,31). The van der Waals surface area contributed by atoms with Gasteiger partial charge in [0.2, 0.25) is 0 Å². The highest BCUT2D eigenvalue weighted by Crippen LogP contribution is 2.42. The average Bonchev–Trinajstić information content (AvgIpc) is 3.42. The molecule has 4 rings (SSSR count). The molecule has 1 amide bonds. The van der Waals surface area contributed by atoms with E-state index in [1.807, 2.05) is 48.9 Å². The summed E-state index contributed by atoms with van der Waals surface area (Å²) in [6, 6.07) is 14.5. The number of aromatic nitrogens is 2. The van der Waals surface area contributed by atoms with Crippen molar-refractivity contribution in [3.63, 3.8) is 0 Å². The van der Waals surface area contributed by atoms with Crippen LogP contribution in [0.3, 0.4) is 0 Å². The van der Waals surface area contributed by atoms with Gasteiger partial charge in [0.1, 0.15) is 16.5 Å². The highest BCUT2D eigenvalue weighted by atomic mass is 32.1. The summed E-state index contributed by atoms with van der Waals surface area (Å²) in [5.41, 5.74) is 3.55. The number of para-hydroxylation sites is 1. The predicted octanol–water partition coefficient (Wildman–Crippen LogP) is 6.01. The maximum absolute atomic E-state index is 12.8. The van der Waals surface area contributed by atoms with Gasteiger partial charge in [0, 0.05) is 11.1 Å². The van der Waals surface area contributed by atoms with E-state index in [-0.39, 0.29) is 6.61 Å². The number of hydrogen-bond acceptors (Lipinski definition) is 7. The summed E-state index contributed by atoms with van der Waals surface area (Å²) in [6.45, 7) is 5.69. The molecular weight excluding hydrogens is 466 g/mol. The summed E-state index contributed by atoms with van der Waals surface area (Å²) >= 11 is 1.27. The molecule has 35 heavy (non-hydrogen) atoms. The third kappa shape index (κ3) is 5.20. The second-order valence-electron chi connectivity index (χ2n) is 7.62. The Morgan fingerprint density at radius 1 is 1.11 bits per heavy atom. The van der Waals surface area contributed by atoms with Gasteiger partial charge in [-0.25, -0.2) is 14.6 Å². The maximum atomic E-state index is 12.8. The van der Waals surface area contributed by atoms with Crippen LogP contribution in [0, 0.1) is 13.8 Å². The minimum Gasteiger partial charge on any atom is -0.495 e. The fraction of sp³-hybridized carbons (Fsp3) is 0.192. The molecule has 180 valence electrons. The fourth-order valence-electron chi connectivity index (χ4n) is 3.62. The minimum atomic E-state index is -0.696. The lowest BCUT2D eigenvalue weighted by molar-refractivity contribution is 0.0527. The molecule has 0 bridgehead atoms. The first-order valence-electron chi connectivity index (χ1n) is 10.9. The number of hydrogen-bond donors (Lipinski definition) is 1. The highest BCUT2D eigenvalue weighted by Gasteiger charge is 2.25. The van der Waals surface area contributed by atoms with E-state index in [1.165, 1.54) is 11.3 Å². The van der Waals surface area contributed by atoms with Gasteiger partial charge < -0.3 is 18.8 Å². The van der Waals surface area contributed by atoms with Crippen LogP contribution in [0.5, 0.6) is 11.5 Å². The van der Waals surface area contributed by atoms with Gasteiger partial charge >= 0.3 is 12.1 Å². The molecule has 0 saturated heterocycles. The molecular formula is C26H25N3O5S. The van der Waals surface area contributed by atoms with Crippen LogP contribution < -0.4 is 14.8 Å². The predicted molar refractivity (Wildman–Crippen MR) is 135 cm³/mol. The molecule has 0 aliphatic rings. The molecule has 8 nitrogen and oxygen atoms in total. The number of nitrogens with one attached hydrogen (secondary N) is 1. The van der Waals surface area contributed by atoms with Gasteiger partial charge in [-0.1, -0.05) is 24.3 Å². The second-order valence-corrected chi connectivity index (χ2v) is 8.64. The number of methoxy groups -OCH3 is 1. The Morgan fingerprint density at radius 3 is 2.54 bits per heavy atom.